The molecule has 3 heterocycles. The van der Waals surface area contributed by atoms with Gasteiger partial charge >= 0.3 is 5.97 Å². The van der Waals surface area contributed by atoms with E-state index in [1.165, 1.54) is 6.33 Å². The van der Waals surface area contributed by atoms with Crippen molar-refractivity contribution in [1.29, 1.82) is 0 Å². The van der Waals surface area contributed by atoms with Gasteiger partial charge in [-0.15, -0.1) is 0 Å². The molecule has 0 amide bonds. The lowest BCUT2D eigenvalue weighted by atomic mass is 10.0. The number of halogens is 2. The molecule has 0 aliphatic carbocycles. The van der Waals surface area contributed by atoms with E-state index in [0.29, 0.717) is 57.7 Å². The average molecular weight is 733 g/mol. The second-order valence-corrected chi connectivity index (χ2v) is 13.4. The third-order valence-corrected chi connectivity index (χ3v) is 10.2. The molecule has 0 spiro atoms. The van der Waals surface area contributed by atoms with E-state index < -0.39 is 12.1 Å². The number of benzene rings is 3. The van der Waals surface area contributed by atoms with E-state index in [9.17, 15) is 9.90 Å². The number of hydrogen-bond donors (Lipinski definition) is 1. The second-order valence-electron chi connectivity index (χ2n) is 12.6. The lowest BCUT2D eigenvalue weighted by Crippen LogP contribution is -2.47. The number of methoxy groups -OCH3 is 1. The predicted molar refractivity (Wildman–Crippen MR) is 201 cm³/mol. The van der Waals surface area contributed by atoms with E-state index in [2.05, 4.69) is 26.7 Å². The quantitative estimate of drug-likeness (QED) is 0.121. The van der Waals surface area contributed by atoms with E-state index in [1.807, 2.05) is 72.3 Å². The summed E-state index contributed by atoms with van der Waals surface area (Å²) in [5, 5.41) is 12.1. The van der Waals surface area contributed by atoms with Gasteiger partial charge in [0.15, 0.2) is 0 Å². The molecule has 268 valence electrons. The van der Waals surface area contributed by atoms with Crippen molar-refractivity contribution < 1.29 is 24.1 Å². The van der Waals surface area contributed by atoms with Crippen molar-refractivity contribution in [3.63, 3.8) is 0 Å². The summed E-state index contributed by atoms with van der Waals surface area (Å²) in [4.78, 5) is 26.6. The number of aryl methyl sites for hydroxylation is 2. The van der Waals surface area contributed by atoms with Gasteiger partial charge in [-0.2, -0.15) is 0 Å². The minimum Gasteiger partial charge on any atom is -0.496 e. The summed E-state index contributed by atoms with van der Waals surface area (Å²) >= 11 is 13.1. The van der Waals surface area contributed by atoms with Crippen molar-refractivity contribution in [1.82, 2.24) is 24.3 Å². The van der Waals surface area contributed by atoms with E-state index in [1.54, 1.807) is 13.2 Å². The molecule has 10 nitrogen and oxygen atoms in total. The number of ether oxygens (including phenoxy) is 3. The molecular weight excluding hydrogens is 689 g/mol. The molecule has 0 saturated carbocycles. The molecule has 5 aromatic rings. The minimum absolute atomic E-state index is 0.0721. The molecule has 12 heteroatoms. The van der Waals surface area contributed by atoms with E-state index in [0.717, 1.165) is 61.5 Å². The van der Waals surface area contributed by atoms with Crippen LogP contribution in [0.2, 0.25) is 10.0 Å². The molecule has 0 bridgehead atoms. The molecule has 51 heavy (non-hydrogen) atoms. The van der Waals surface area contributed by atoms with Crippen molar-refractivity contribution in [2.75, 3.05) is 53.0 Å². The Labute approximate surface area is 308 Å². The first kappa shape index (κ1) is 36.4. The fraction of sp³-hybridized carbons (Fsp3) is 0.359. The molecule has 1 saturated heterocycles. The number of aliphatic carboxylic acids is 1. The summed E-state index contributed by atoms with van der Waals surface area (Å²) < 4.78 is 20.0. The first-order valence-corrected chi connectivity index (χ1v) is 18.0. The van der Waals surface area contributed by atoms with Crippen LogP contribution in [0.3, 0.4) is 0 Å². The van der Waals surface area contributed by atoms with Crippen LogP contribution in [0.15, 0.2) is 73.2 Å². The number of rotatable bonds is 15. The van der Waals surface area contributed by atoms with Gasteiger partial charge in [0.25, 0.3) is 0 Å². The second kappa shape index (κ2) is 16.8. The Bertz CT molecular complexity index is 1960. The van der Waals surface area contributed by atoms with Crippen molar-refractivity contribution in [3.05, 3.63) is 99.9 Å². The molecule has 6 rings (SSSR count). The van der Waals surface area contributed by atoms with Crippen LogP contribution >= 0.6 is 23.2 Å². The number of piperazine rings is 1. The minimum atomic E-state index is -1.24. The van der Waals surface area contributed by atoms with E-state index >= 15 is 0 Å². The number of nitrogens with zero attached hydrogens (tertiary/aromatic N) is 5. The van der Waals surface area contributed by atoms with Gasteiger partial charge in [0.05, 0.1) is 17.5 Å². The van der Waals surface area contributed by atoms with Gasteiger partial charge in [-0.25, -0.2) is 14.8 Å². The highest BCUT2D eigenvalue weighted by Crippen LogP contribution is 2.41. The Balaban J connectivity index is 1.32. The van der Waals surface area contributed by atoms with Crippen LogP contribution in [0.1, 0.15) is 23.6 Å². The average Bonchev–Trinajstić information content (AvgIpc) is 3.52. The van der Waals surface area contributed by atoms with Crippen LogP contribution in [0, 0.1) is 6.92 Å². The molecule has 0 radical (unpaired) electrons. The van der Waals surface area contributed by atoms with Crippen LogP contribution < -0.4 is 14.2 Å². The molecule has 1 aliphatic heterocycles. The summed E-state index contributed by atoms with van der Waals surface area (Å²) in [6.07, 6.45) is 2.96. The summed E-state index contributed by atoms with van der Waals surface area (Å²) in [6.45, 7) is 11.4. The molecule has 1 atom stereocenters. The number of likely N-dealkylation sites (N-methyl/N-ethyl adjacent to an activating group) is 1. The molecular formula is C39H43Cl2N5O5. The Hall–Kier alpha value is -4.35. The first-order chi connectivity index (χ1) is 24.7. The highest BCUT2D eigenvalue weighted by molar-refractivity contribution is 6.33. The number of carboxylic acid groups (broad SMARTS) is 1. The maximum Gasteiger partial charge on any atom is 0.345 e. The van der Waals surface area contributed by atoms with Crippen molar-refractivity contribution in [2.45, 2.75) is 39.3 Å². The standard InChI is InChI=1S/C39H43Cl2N5O5/c1-4-44-17-19-45(20-18-44)21-22-50-33-14-13-30(26(2)36(33)41)31-24-46(16-15-27-9-11-29(40)12-10-27)37-35(31)38(43-25-42-37)51-34(39(47)48)23-28-7-5-6-8-32(28)49-3/h5-14,24-25,34H,4,15-23H2,1-3H3,(H,47,48). The van der Waals surface area contributed by atoms with Gasteiger partial charge in [-0.05, 0) is 66.4 Å². The zero-order valence-corrected chi connectivity index (χ0v) is 30.7. The van der Waals surface area contributed by atoms with Crippen LogP contribution in [0.25, 0.3) is 22.2 Å². The van der Waals surface area contributed by atoms with Crippen LogP contribution in [-0.4, -0.2) is 94.5 Å². The summed E-state index contributed by atoms with van der Waals surface area (Å²) in [7, 11) is 1.56. The summed E-state index contributed by atoms with van der Waals surface area (Å²) in [6, 6.07) is 18.9. The Morgan fingerprint density at radius 2 is 1.67 bits per heavy atom. The fourth-order valence-corrected chi connectivity index (χ4v) is 6.87. The Morgan fingerprint density at radius 3 is 2.39 bits per heavy atom. The number of hydrogen-bond acceptors (Lipinski definition) is 8. The molecule has 1 N–H and O–H groups in total. The van der Waals surface area contributed by atoms with E-state index in [4.69, 9.17) is 37.4 Å². The van der Waals surface area contributed by atoms with Gasteiger partial charge in [-0.1, -0.05) is 66.5 Å². The fourth-order valence-electron chi connectivity index (χ4n) is 6.52. The lowest BCUT2D eigenvalue weighted by molar-refractivity contribution is -0.145. The maximum atomic E-state index is 12.6. The van der Waals surface area contributed by atoms with Gasteiger partial charge in [0.2, 0.25) is 12.0 Å². The lowest BCUT2D eigenvalue weighted by Gasteiger charge is -2.33. The van der Waals surface area contributed by atoms with Crippen LogP contribution in [0.5, 0.6) is 17.4 Å². The first-order valence-electron chi connectivity index (χ1n) is 17.2. The zero-order valence-electron chi connectivity index (χ0n) is 29.1. The normalized spacial score (nSPS) is 14.5. The molecule has 2 aromatic heterocycles. The monoisotopic (exact) mass is 731 g/mol. The molecule has 3 aromatic carbocycles. The van der Waals surface area contributed by atoms with Crippen LogP contribution in [-0.2, 0) is 24.2 Å². The topological polar surface area (TPSA) is 102 Å². The van der Waals surface area contributed by atoms with Crippen molar-refractivity contribution >= 4 is 40.2 Å². The highest BCUT2D eigenvalue weighted by Gasteiger charge is 2.27. The largest absolute Gasteiger partial charge is 0.496 e. The molecule has 1 unspecified atom stereocenters. The zero-order chi connectivity index (χ0) is 35.9. The highest BCUT2D eigenvalue weighted by atomic mass is 35.5. The predicted octanol–water partition coefficient (Wildman–Crippen LogP) is 7.06. The van der Waals surface area contributed by atoms with Crippen molar-refractivity contribution in [3.8, 4) is 28.5 Å². The maximum absolute atomic E-state index is 12.6. The van der Waals surface area contributed by atoms with Gasteiger partial charge < -0.3 is 28.8 Å². The van der Waals surface area contributed by atoms with Gasteiger partial charge in [-0.3, -0.25) is 4.90 Å². The van der Waals surface area contributed by atoms with E-state index in [-0.39, 0.29) is 12.3 Å². The Morgan fingerprint density at radius 1 is 0.922 bits per heavy atom. The number of fused-ring (bicyclic) bond motifs is 1. The molecule has 1 aliphatic rings. The van der Waals surface area contributed by atoms with Crippen LogP contribution in [0.4, 0.5) is 0 Å². The van der Waals surface area contributed by atoms with Crippen molar-refractivity contribution in [2.24, 2.45) is 0 Å². The number of para-hydroxylation sites is 1. The SMILES string of the molecule is CCN1CCN(CCOc2ccc(-c3cn(CCc4ccc(Cl)cc4)c4ncnc(OC(Cc5ccccc5OC)C(=O)O)c34)c(C)c2Cl)CC1. The number of carbonyl (C=O) groups is 1. The van der Waals surface area contributed by atoms with Gasteiger partial charge in [0, 0.05) is 62.5 Å². The van der Waals surface area contributed by atoms with Gasteiger partial charge in [0.1, 0.15) is 30.1 Å². The Kier molecular flexibility index (Phi) is 12.0. The summed E-state index contributed by atoms with van der Waals surface area (Å²) in [5.74, 6) is 0.249. The summed E-state index contributed by atoms with van der Waals surface area (Å²) in [5.41, 5.74) is 4.88. The number of carboxylic acids is 1. The third kappa shape index (κ3) is 8.59. The number of aromatic nitrogens is 3. The molecule has 1 fully saturated rings. The smallest absolute Gasteiger partial charge is 0.345 e. The third-order valence-electron chi connectivity index (χ3n) is 9.52.